The van der Waals surface area contributed by atoms with Gasteiger partial charge < -0.3 is 10.3 Å². The van der Waals surface area contributed by atoms with Gasteiger partial charge >= 0.3 is 0 Å². The monoisotopic (exact) mass is 236 g/mol. The zero-order chi connectivity index (χ0) is 12.1. The zero-order valence-electron chi connectivity index (χ0n) is 10.8. The standard InChI is InChI=1S/C13H24N4/c1-12-15-7-9-16(12)10-11-17-8-3-5-13(17)4-2-6-14/h7,9,13H,2-6,8,10-11,14H2,1H3. The molecule has 1 unspecified atom stereocenters. The number of nitrogens with two attached hydrogens (primary N) is 1. The lowest BCUT2D eigenvalue weighted by Crippen LogP contribution is -2.32. The highest BCUT2D eigenvalue weighted by atomic mass is 15.2. The molecule has 4 heteroatoms. The fraction of sp³-hybridized carbons (Fsp3) is 0.769. The first-order valence-electron chi connectivity index (χ1n) is 6.73. The van der Waals surface area contributed by atoms with E-state index in [0.717, 1.165) is 37.9 Å². The molecule has 1 aliphatic rings. The minimum atomic E-state index is 0.766. The average molecular weight is 236 g/mol. The Morgan fingerprint density at radius 3 is 3.06 bits per heavy atom. The van der Waals surface area contributed by atoms with Gasteiger partial charge in [0, 0.05) is 31.5 Å². The largest absolute Gasteiger partial charge is 0.334 e. The molecule has 2 heterocycles. The van der Waals surface area contributed by atoms with Crippen LogP contribution in [0.15, 0.2) is 12.4 Å². The Kier molecular flexibility index (Phi) is 4.57. The van der Waals surface area contributed by atoms with Crippen LogP contribution in [0.25, 0.3) is 0 Å². The van der Waals surface area contributed by atoms with E-state index in [1.807, 2.05) is 6.20 Å². The van der Waals surface area contributed by atoms with Crippen LogP contribution >= 0.6 is 0 Å². The predicted molar refractivity (Wildman–Crippen MR) is 69.8 cm³/mol. The molecule has 0 aromatic carbocycles. The maximum Gasteiger partial charge on any atom is 0.105 e. The number of nitrogens with zero attached hydrogens (tertiary/aromatic N) is 3. The minimum absolute atomic E-state index is 0.766. The number of aromatic nitrogens is 2. The van der Waals surface area contributed by atoms with Gasteiger partial charge in [0.1, 0.15) is 5.82 Å². The Bertz CT molecular complexity index is 334. The second-order valence-electron chi connectivity index (χ2n) is 4.93. The van der Waals surface area contributed by atoms with Crippen molar-refractivity contribution in [3.63, 3.8) is 0 Å². The molecule has 4 nitrogen and oxygen atoms in total. The number of imidazole rings is 1. The van der Waals surface area contributed by atoms with E-state index >= 15 is 0 Å². The van der Waals surface area contributed by atoms with Crippen molar-refractivity contribution in [3.05, 3.63) is 18.2 Å². The summed E-state index contributed by atoms with van der Waals surface area (Å²) in [5.41, 5.74) is 5.59. The Balaban J connectivity index is 1.80. The zero-order valence-corrected chi connectivity index (χ0v) is 10.8. The average Bonchev–Trinajstić information content (AvgIpc) is 2.93. The molecule has 1 aliphatic heterocycles. The van der Waals surface area contributed by atoms with Crippen molar-refractivity contribution in [2.45, 2.75) is 45.2 Å². The van der Waals surface area contributed by atoms with Crippen molar-refractivity contribution in [2.24, 2.45) is 5.73 Å². The second-order valence-corrected chi connectivity index (χ2v) is 4.93. The third kappa shape index (κ3) is 3.30. The van der Waals surface area contributed by atoms with E-state index in [9.17, 15) is 0 Å². The van der Waals surface area contributed by atoms with Crippen LogP contribution in [0, 0.1) is 6.92 Å². The SMILES string of the molecule is Cc1nccn1CCN1CCCC1CCCN. The summed E-state index contributed by atoms with van der Waals surface area (Å²) in [5, 5.41) is 0. The van der Waals surface area contributed by atoms with Crippen molar-refractivity contribution in [1.29, 1.82) is 0 Å². The van der Waals surface area contributed by atoms with E-state index < -0.39 is 0 Å². The van der Waals surface area contributed by atoms with Crippen LogP contribution in [-0.4, -0.2) is 40.1 Å². The summed E-state index contributed by atoms with van der Waals surface area (Å²) < 4.78 is 2.23. The van der Waals surface area contributed by atoms with Crippen molar-refractivity contribution < 1.29 is 0 Å². The van der Waals surface area contributed by atoms with E-state index in [2.05, 4.69) is 27.6 Å². The molecule has 1 saturated heterocycles. The van der Waals surface area contributed by atoms with Crippen LogP contribution in [0.4, 0.5) is 0 Å². The van der Waals surface area contributed by atoms with Gasteiger partial charge in [0.2, 0.25) is 0 Å². The summed E-state index contributed by atoms with van der Waals surface area (Å²) in [5.74, 6) is 1.11. The topological polar surface area (TPSA) is 47.1 Å². The molecule has 1 atom stereocenters. The summed E-state index contributed by atoms with van der Waals surface area (Å²) in [6.45, 7) is 6.35. The number of aryl methyl sites for hydroxylation is 1. The van der Waals surface area contributed by atoms with Gasteiger partial charge in [-0.2, -0.15) is 0 Å². The molecule has 0 bridgehead atoms. The van der Waals surface area contributed by atoms with Crippen LogP contribution in [0.3, 0.4) is 0 Å². The first-order chi connectivity index (χ1) is 8.31. The van der Waals surface area contributed by atoms with Crippen LogP contribution in [0.1, 0.15) is 31.5 Å². The Morgan fingerprint density at radius 1 is 1.47 bits per heavy atom. The summed E-state index contributed by atoms with van der Waals surface area (Å²) >= 11 is 0. The summed E-state index contributed by atoms with van der Waals surface area (Å²) in [7, 11) is 0. The van der Waals surface area contributed by atoms with Gasteiger partial charge in [0.25, 0.3) is 0 Å². The molecule has 0 radical (unpaired) electrons. The smallest absolute Gasteiger partial charge is 0.105 e. The highest BCUT2D eigenvalue weighted by molar-refractivity contribution is 4.89. The van der Waals surface area contributed by atoms with Gasteiger partial charge in [-0.3, -0.25) is 4.90 Å². The van der Waals surface area contributed by atoms with Gasteiger partial charge in [0.05, 0.1) is 0 Å². The Hall–Kier alpha value is -0.870. The molecular weight excluding hydrogens is 212 g/mol. The fourth-order valence-electron chi connectivity index (χ4n) is 2.75. The van der Waals surface area contributed by atoms with Gasteiger partial charge in [-0.05, 0) is 45.7 Å². The van der Waals surface area contributed by atoms with Crippen molar-refractivity contribution in [1.82, 2.24) is 14.5 Å². The minimum Gasteiger partial charge on any atom is -0.334 e. The Morgan fingerprint density at radius 2 is 2.35 bits per heavy atom. The van der Waals surface area contributed by atoms with Crippen LogP contribution in [0.5, 0.6) is 0 Å². The third-order valence-corrected chi connectivity index (χ3v) is 3.79. The lowest BCUT2D eigenvalue weighted by atomic mass is 10.1. The number of hydrogen-bond donors (Lipinski definition) is 1. The highest BCUT2D eigenvalue weighted by Gasteiger charge is 2.23. The van der Waals surface area contributed by atoms with Crippen molar-refractivity contribution in [2.75, 3.05) is 19.6 Å². The molecule has 1 fully saturated rings. The molecule has 96 valence electrons. The van der Waals surface area contributed by atoms with Crippen LogP contribution in [0.2, 0.25) is 0 Å². The fourth-order valence-corrected chi connectivity index (χ4v) is 2.75. The number of likely N-dealkylation sites (tertiary alicyclic amines) is 1. The van der Waals surface area contributed by atoms with Crippen molar-refractivity contribution >= 4 is 0 Å². The molecular formula is C13H24N4. The first kappa shape index (κ1) is 12.6. The van der Waals surface area contributed by atoms with E-state index in [1.54, 1.807) is 0 Å². The summed E-state index contributed by atoms with van der Waals surface area (Å²) in [4.78, 5) is 6.88. The quantitative estimate of drug-likeness (QED) is 0.812. The van der Waals surface area contributed by atoms with E-state index in [4.69, 9.17) is 5.73 Å². The molecule has 17 heavy (non-hydrogen) atoms. The number of rotatable bonds is 6. The molecule has 1 aromatic rings. The second kappa shape index (κ2) is 6.17. The summed E-state index contributed by atoms with van der Waals surface area (Å²) in [6.07, 6.45) is 9.07. The lowest BCUT2D eigenvalue weighted by molar-refractivity contribution is 0.231. The maximum atomic E-state index is 5.59. The maximum absolute atomic E-state index is 5.59. The van der Waals surface area contributed by atoms with Crippen LogP contribution in [-0.2, 0) is 6.54 Å². The first-order valence-corrected chi connectivity index (χ1v) is 6.73. The lowest BCUT2D eigenvalue weighted by Gasteiger charge is -2.24. The molecule has 0 amide bonds. The van der Waals surface area contributed by atoms with Crippen LogP contribution < -0.4 is 5.73 Å². The van der Waals surface area contributed by atoms with Gasteiger partial charge in [-0.15, -0.1) is 0 Å². The van der Waals surface area contributed by atoms with Gasteiger partial charge in [-0.1, -0.05) is 0 Å². The summed E-state index contributed by atoms with van der Waals surface area (Å²) in [6, 6.07) is 0.766. The number of hydrogen-bond acceptors (Lipinski definition) is 3. The van der Waals surface area contributed by atoms with E-state index in [-0.39, 0.29) is 0 Å². The molecule has 0 aliphatic carbocycles. The van der Waals surface area contributed by atoms with E-state index in [1.165, 1.54) is 25.8 Å². The third-order valence-electron chi connectivity index (χ3n) is 3.79. The molecule has 2 N–H and O–H groups in total. The normalized spacial score (nSPS) is 21.2. The van der Waals surface area contributed by atoms with Gasteiger partial charge in [-0.25, -0.2) is 4.98 Å². The Labute approximate surface area is 104 Å². The molecule has 2 rings (SSSR count). The van der Waals surface area contributed by atoms with Gasteiger partial charge in [0.15, 0.2) is 0 Å². The molecule has 0 spiro atoms. The van der Waals surface area contributed by atoms with E-state index in [0.29, 0.717) is 0 Å². The molecule has 1 aromatic heterocycles. The van der Waals surface area contributed by atoms with Crippen molar-refractivity contribution in [3.8, 4) is 0 Å². The highest BCUT2D eigenvalue weighted by Crippen LogP contribution is 2.20. The predicted octanol–water partition coefficient (Wildman–Crippen LogP) is 1.39. The molecule has 0 saturated carbocycles.